The molecule has 1 aromatic rings. The predicted molar refractivity (Wildman–Crippen MR) is 71.5 cm³/mol. The molecule has 100 valence electrons. The Kier molecular flexibility index (Phi) is 4.53. The largest absolute Gasteiger partial charge is 0.397 e. The molecule has 0 saturated heterocycles. The molecule has 0 aromatic carbocycles. The van der Waals surface area contributed by atoms with Crippen LogP contribution in [0.5, 0.6) is 0 Å². The smallest absolute Gasteiger partial charge is 0.256 e. The maximum Gasteiger partial charge on any atom is 0.256 e. The Morgan fingerprint density at radius 1 is 1.61 bits per heavy atom. The highest BCUT2D eigenvalue weighted by atomic mass is 35.5. The zero-order valence-electron chi connectivity index (χ0n) is 10.8. The summed E-state index contributed by atoms with van der Waals surface area (Å²) in [5, 5.41) is 9.99. The van der Waals surface area contributed by atoms with Crippen molar-refractivity contribution in [3.05, 3.63) is 23.0 Å². The average Bonchev–Trinajstić information content (AvgIpc) is 2.27. The van der Waals surface area contributed by atoms with Crippen LogP contribution >= 0.6 is 11.6 Å². The Labute approximate surface area is 112 Å². The van der Waals surface area contributed by atoms with Gasteiger partial charge in [-0.2, -0.15) is 0 Å². The van der Waals surface area contributed by atoms with E-state index in [0.29, 0.717) is 12.1 Å². The van der Waals surface area contributed by atoms with Crippen molar-refractivity contribution in [2.45, 2.75) is 26.4 Å². The third-order valence-electron chi connectivity index (χ3n) is 2.38. The minimum absolute atomic E-state index is 0.215. The van der Waals surface area contributed by atoms with Crippen molar-refractivity contribution >= 4 is 23.2 Å². The molecule has 0 unspecified atom stereocenters. The van der Waals surface area contributed by atoms with Crippen molar-refractivity contribution in [3.8, 4) is 0 Å². The van der Waals surface area contributed by atoms with Crippen LogP contribution in [0.1, 0.15) is 31.1 Å². The molecular weight excluding hydrogens is 254 g/mol. The van der Waals surface area contributed by atoms with Crippen LogP contribution in [-0.2, 0) is 0 Å². The molecule has 0 bridgehead atoms. The fraction of sp³-hybridized carbons (Fsp3) is 0.500. The lowest BCUT2D eigenvalue weighted by atomic mass is 10.1. The number of likely N-dealkylation sites (N-methyl/N-ethyl adjacent to an activating group) is 1. The lowest BCUT2D eigenvalue weighted by Crippen LogP contribution is -2.42. The Bertz CT molecular complexity index is 443. The number of nitrogen functional groups attached to an aromatic ring is 1. The van der Waals surface area contributed by atoms with Crippen molar-refractivity contribution in [2.24, 2.45) is 0 Å². The van der Waals surface area contributed by atoms with Crippen LogP contribution in [0.4, 0.5) is 5.69 Å². The maximum absolute atomic E-state index is 12.3. The summed E-state index contributed by atoms with van der Waals surface area (Å²) in [5.74, 6) is -0.263. The standard InChI is InChI=1S/C12H18ClN3O2/c1-4-16(7-12(2,3)18)11(17)8-5-10(13)15-6-9(8)14/h5-6,18H,4,7,14H2,1-3H3. The first-order valence-electron chi connectivity index (χ1n) is 5.67. The normalized spacial score (nSPS) is 11.4. The van der Waals surface area contributed by atoms with E-state index < -0.39 is 5.60 Å². The van der Waals surface area contributed by atoms with Crippen LogP contribution in [0.15, 0.2) is 12.3 Å². The first kappa shape index (κ1) is 14.7. The summed E-state index contributed by atoms with van der Waals surface area (Å²) in [7, 11) is 0. The van der Waals surface area contributed by atoms with Crippen molar-refractivity contribution in [1.29, 1.82) is 0 Å². The summed E-state index contributed by atoms with van der Waals surface area (Å²) in [5.41, 5.74) is 5.34. The van der Waals surface area contributed by atoms with Gasteiger partial charge in [0.1, 0.15) is 5.15 Å². The van der Waals surface area contributed by atoms with Crippen LogP contribution in [-0.4, -0.2) is 39.6 Å². The van der Waals surface area contributed by atoms with Crippen LogP contribution in [0.25, 0.3) is 0 Å². The SMILES string of the molecule is CCN(CC(C)(C)O)C(=O)c1cc(Cl)ncc1N. The number of carbonyl (C=O) groups excluding carboxylic acids is 1. The molecule has 0 aliphatic carbocycles. The molecule has 6 heteroatoms. The van der Waals surface area contributed by atoms with Gasteiger partial charge in [-0.1, -0.05) is 11.6 Å². The average molecular weight is 272 g/mol. The summed E-state index contributed by atoms with van der Waals surface area (Å²) in [6, 6.07) is 1.44. The summed E-state index contributed by atoms with van der Waals surface area (Å²) < 4.78 is 0. The van der Waals surface area contributed by atoms with Crippen molar-refractivity contribution in [1.82, 2.24) is 9.88 Å². The Balaban J connectivity index is 3.00. The molecule has 1 rings (SSSR count). The molecule has 0 radical (unpaired) electrons. The second-order valence-corrected chi connectivity index (χ2v) is 5.11. The number of hydrogen-bond acceptors (Lipinski definition) is 4. The summed E-state index contributed by atoms with van der Waals surface area (Å²) >= 11 is 5.76. The number of nitrogens with zero attached hydrogens (tertiary/aromatic N) is 2. The number of pyridine rings is 1. The number of anilines is 1. The quantitative estimate of drug-likeness (QED) is 0.815. The molecule has 0 aliphatic rings. The van der Waals surface area contributed by atoms with Crippen molar-refractivity contribution in [3.63, 3.8) is 0 Å². The van der Waals surface area contributed by atoms with E-state index in [0.717, 1.165) is 0 Å². The van der Waals surface area contributed by atoms with Crippen LogP contribution in [0.3, 0.4) is 0 Å². The monoisotopic (exact) mass is 271 g/mol. The molecule has 0 aliphatic heterocycles. The number of aromatic nitrogens is 1. The Morgan fingerprint density at radius 3 is 2.72 bits per heavy atom. The number of carbonyl (C=O) groups is 1. The number of amides is 1. The highest BCUT2D eigenvalue weighted by molar-refractivity contribution is 6.29. The van der Waals surface area contributed by atoms with Gasteiger partial charge >= 0.3 is 0 Å². The summed E-state index contributed by atoms with van der Waals surface area (Å²) in [6.07, 6.45) is 1.35. The first-order valence-corrected chi connectivity index (χ1v) is 6.05. The van der Waals surface area contributed by atoms with Gasteiger partial charge in [0.2, 0.25) is 0 Å². The van der Waals surface area contributed by atoms with Gasteiger partial charge in [-0.25, -0.2) is 4.98 Å². The van der Waals surface area contributed by atoms with E-state index in [-0.39, 0.29) is 23.3 Å². The zero-order chi connectivity index (χ0) is 13.9. The van der Waals surface area contributed by atoms with E-state index in [4.69, 9.17) is 17.3 Å². The van der Waals surface area contributed by atoms with E-state index >= 15 is 0 Å². The Morgan fingerprint density at radius 2 is 2.22 bits per heavy atom. The zero-order valence-corrected chi connectivity index (χ0v) is 11.5. The molecule has 3 N–H and O–H groups in total. The lowest BCUT2D eigenvalue weighted by Gasteiger charge is -2.28. The van der Waals surface area contributed by atoms with E-state index in [2.05, 4.69) is 4.98 Å². The lowest BCUT2D eigenvalue weighted by molar-refractivity contribution is 0.0315. The van der Waals surface area contributed by atoms with Gasteiger partial charge in [-0.15, -0.1) is 0 Å². The molecule has 18 heavy (non-hydrogen) atoms. The third-order valence-corrected chi connectivity index (χ3v) is 2.59. The highest BCUT2D eigenvalue weighted by Crippen LogP contribution is 2.18. The van der Waals surface area contributed by atoms with Gasteiger partial charge in [0.15, 0.2) is 0 Å². The van der Waals surface area contributed by atoms with E-state index in [1.54, 1.807) is 13.8 Å². The van der Waals surface area contributed by atoms with Crippen molar-refractivity contribution in [2.75, 3.05) is 18.8 Å². The fourth-order valence-corrected chi connectivity index (χ4v) is 1.75. The second-order valence-electron chi connectivity index (χ2n) is 4.73. The number of nitrogens with two attached hydrogens (primary N) is 1. The van der Waals surface area contributed by atoms with Gasteiger partial charge in [0, 0.05) is 13.1 Å². The van der Waals surface area contributed by atoms with E-state index in [1.807, 2.05) is 6.92 Å². The predicted octanol–water partition coefficient (Wildman–Crippen LogP) is 1.55. The van der Waals surface area contributed by atoms with Crippen molar-refractivity contribution < 1.29 is 9.90 Å². The van der Waals surface area contributed by atoms with Gasteiger partial charge in [0.25, 0.3) is 5.91 Å². The Hall–Kier alpha value is -1.33. The minimum atomic E-state index is -0.961. The summed E-state index contributed by atoms with van der Waals surface area (Å²) in [6.45, 7) is 5.82. The fourth-order valence-electron chi connectivity index (χ4n) is 1.59. The molecule has 0 saturated carbocycles. The summed E-state index contributed by atoms with van der Waals surface area (Å²) in [4.78, 5) is 17.6. The van der Waals surface area contributed by atoms with Crippen LogP contribution in [0.2, 0.25) is 5.15 Å². The number of hydrogen-bond donors (Lipinski definition) is 2. The maximum atomic E-state index is 12.3. The van der Waals surface area contributed by atoms with Gasteiger partial charge in [-0.3, -0.25) is 4.79 Å². The molecule has 1 heterocycles. The first-order chi connectivity index (χ1) is 8.24. The van der Waals surface area contributed by atoms with Gasteiger partial charge < -0.3 is 15.7 Å². The third kappa shape index (κ3) is 3.85. The molecular formula is C12H18ClN3O2. The minimum Gasteiger partial charge on any atom is -0.397 e. The highest BCUT2D eigenvalue weighted by Gasteiger charge is 2.23. The van der Waals surface area contributed by atoms with Crippen LogP contribution in [0, 0.1) is 0 Å². The molecule has 0 spiro atoms. The topological polar surface area (TPSA) is 79.5 Å². The number of rotatable bonds is 4. The van der Waals surface area contributed by atoms with E-state index in [9.17, 15) is 9.90 Å². The van der Waals surface area contributed by atoms with Gasteiger partial charge in [0.05, 0.1) is 23.0 Å². The molecule has 1 aromatic heterocycles. The molecule has 0 fully saturated rings. The molecule has 0 atom stereocenters. The van der Waals surface area contributed by atoms with Gasteiger partial charge in [-0.05, 0) is 26.8 Å². The number of aliphatic hydroxyl groups is 1. The molecule has 1 amide bonds. The second kappa shape index (κ2) is 5.54. The molecule has 5 nitrogen and oxygen atoms in total. The van der Waals surface area contributed by atoms with E-state index in [1.165, 1.54) is 17.2 Å². The van der Waals surface area contributed by atoms with Crippen LogP contribution < -0.4 is 5.73 Å². The number of halogens is 1.